The van der Waals surface area contributed by atoms with E-state index in [0.717, 1.165) is 42.0 Å². The van der Waals surface area contributed by atoms with E-state index >= 15 is 0 Å². The molecule has 2 atom stereocenters. The number of hydrogen-bond donors (Lipinski definition) is 2. The van der Waals surface area contributed by atoms with Crippen molar-refractivity contribution in [2.45, 2.75) is 26.3 Å². The smallest absolute Gasteiger partial charge is 0.198 e. The Balaban J connectivity index is 1.87. The van der Waals surface area contributed by atoms with Crippen LogP contribution in [-0.4, -0.2) is 18.1 Å². The molecule has 0 bridgehead atoms. The summed E-state index contributed by atoms with van der Waals surface area (Å²) in [6.07, 6.45) is 2.52. The number of rotatable bonds is 3. The molecule has 1 unspecified atom stereocenters. The van der Waals surface area contributed by atoms with Gasteiger partial charge in [0, 0.05) is 21.8 Å². The number of aromatic nitrogens is 1. The van der Waals surface area contributed by atoms with Crippen molar-refractivity contribution in [3.8, 4) is 11.3 Å². The van der Waals surface area contributed by atoms with E-state index in [0.29, 0.717) is 16.3 Å². The fraction of sp³-hybridized carbons (Fsp3) is 0.318. The van der Waals surface area contributed by atoms with Gasteiger partial charge in [-0.2, -0.15) is 0 Å². The molecule has 3 nitrogen and oxygen atoms in total. The van der Waals surface area contributed by atoms with Crippen LogP contribution in [0.1, 0.15) is 25.3 Å². The first-order valence-electron chi connectivity index (χ1n) is 9.35. The molecule has 26 heavy (non-hydrogen) atoms. The summed E-state index contributed by atoms with van der Waals surface area (Å²) in [5, 5.41) is 1.27. The fourth-order valence-corrected chi connectivity index (χ4v) is 4.30. The van der Waals surface area contributed by atoms with Crippen LogP contribution in [0.2, 0.25) is 5.02 Å². The summed E-state index contributed by atoms with van der Waals surface area (Å²) in [6, 6.07) is 15.6. The molecule has 0 amide bonds. The number of likely N-dealkylation sites (tertiary alicyclic amines) is 1. The van der Waals surface area contributed by atoms with Gasteiger partial charge in [0.25, 0.3) is 0 Å². The summed E-state index contributed by atoms with van der Waals surface area (Å²) >= 11 is 6.15. The maximum atomic E-state index is 13.3. The third kappa shape index (κ3) is 3.42. The second-order valence-corrected chi connectivity index (χ2v) is 7.93. The number of benzene rings is 2. The highest BCUT2D eigenvalue weighted by Crippen LogP contribution is 2.24. The van der Waals surface area contributed by atoms with E-state index < -0.39 is 0 Å². The number of aromatic amines is 1. The van der Waals surface area contributed by atoms with Gasteiger partial charge in [-0.3, -0.25) is 4.79 Å². The molecule has 1 fully saturated rings. The van der Waals surface area contributed by atoms with Crippen LogP contribution < -0.4 is 10.3 Å². The lowest BCUT2D eigenvalue weighted by Gasteiger charge is -2.28. The standard InChI is InChI=1S/C22H23ClN2O/c1-15-6-5-11-25(13-15)14-19-21(16-7-3-2-4-8-16)24-20-10-9-17(23)12-18(20)22(19)26/h2-4,7-10,12,15H,5-6,11,13-14H2,1H3,(H,24,26)/p+1/t15-/m1/s1. The maximum absolute atomic E-state index is 13.3. The topological polar surface area (TPSA) is 37.3 Å². The summed E-state index contributed by atoms with van der Waals surface area (Å²) < 4.78 is 0. The Morgan fingerprint density at radius 2 is 2.00 bits per heavy atom. The zero-order valence-electron chi connectivity index (χ0n) is 15.0. The molecule has 4 heteroatoms. The molecule has 134 valence electrons. The predicted octanol–water partition coefficient (Wildman–Crippen LogP) is 3.66. The molecule has 0 aliphatic carbocycles. The highest BCUT2D eigenvalue weighted by molar-refractivity contribution is 6.31. The van der Waals surface area contributed by atoms with Gasteiger partial charge in [0.1, 0.15) is 6.54 Å². The quantitative estimate of drug-likeness (QED) is 0.728. The minimum atomic E-state index is 0.103. The van der Waals surface area contributed by atoms with Crippen LogP contribution in [0.4, 0.5) is 0 Å². The number of hydrogen-bond acceptors (Lipinski definition) is 1. The normalized spacial score (nSPS) is 20.4. The Hall–Kier alpha value is -2.10. The SMILES string of the molecule is C[C@@H]1CCC[NH+](Cc2c(-c3ccccc3)[nH]c3ccc(Cl)cc3c2=O)C1. The average Bonchev–Trinajstić information content (AvgIpc) is 2.65. The number of fused-ring (bicyclic) bond motifs is 1. The second-order valence-electron chi connectivity index (χ2n) is 7.49. The monoisotopic (exact) mass is 367 g/mol. The second kappa shape index (κ2) is 7.26. The van der Waals surface area contributed by atoms with E-state index in [9.17, 15) is 4.79 Å². The minimum Gasteiger partial charge on any atom is -0.354 e. The van der Waals surface area contributed by atoms with E-state index in [2.05, 4.69) is 24.0 Å². The molecule has 1 aliphatic heterocycles. The van der Waals surface area contributed by atoms with Crippen molar-refractivity contribution in [1.29, 1.82) is 0 Å². The van der Waals surface area contributed by atoms with Crippen LogP contribution in [0.15, 0.2) is 53.3 Å². The number of halogens is 1. The van der Waals surface area contributed by atoms with Crippen molar-refractivity contribution < 1.29 is 4.90 Å². The Morgan fingerprint density at radius 3 is 2.77 bits per heavy atom. The molecule has 1 aromatic heterocycles. The van der Waals surface area contributed by atoms with E-state index in [1.807, 2.05) is 30.3 Å². The van der Waals surface area contributed by atoms with Crippen LogP contribution in [0.5, 0.6) is 0 Å². The van der Waals surface area contributed by atoms with Gasteiger partial charge in [-0.15, -0.1) is 0 Å². The Kier molecular flexibility index (Phi) is 4.84. The molecule has 4 rings (SSSR count). The number of pyridine rings is 1. The van der Waals surface area contributed by atoms with Crippen molar-refractivity contribution in [2.24, 2.45) is 5.92 Å². The summed E-state index contributed by atoms with van der Waals surface area (Å²) in [5.74, 6) is 0.716. The van der Waals surface area contributed by atoms with Crippen molar-refractivity contribution in [3.05, 3.63) is 69.3 Å². The van der Waals surface area contributed by atoms with Gasteiger partial charge in [0.2, 0.25) is 0 Å². The largest absolute Gasteiger partial charge is 0.354 e. The fourth-order valence-electron chi connectivity index (χ4n) is 4.13. The average molecular weight is 368 g/mol. The molecule has 2 aromatic carbocycles. The van der Waals surface area contributed by atoms with E-state index in [4.69, 9.17) is 11.6 Å². The van der Waals surface area contributed by atoms with Gasteiger partial charge < -0.3 is 9.88 Å². The third-order valence-corrected chi connectivity index (χ3v) is 5.65. The summed E-state index contributed by atoms with van der Waals surface area (Å²) in [6.45, 7) is 5.32. The highest BCUT2D eigenvalue weighted by atomic mass is 35.5. The molecule has 2 N–H and O–H groups in total. The van der Waals surface area contributed by atoms with Crippen molar-refractivity contribution >= 4 is 22.5 Å². The van der Waals surface area contributed by atoms with E-state index in [1.165, 1.54) is 17.7 Å². The van der Waals surface area contributed by atoms with E-state index in [1.54, 1.807) is 6.07 Å². The summed E-state index contributed by atoms with van der Waals surface area (Å²) in [5.41, 5.74) is 3.81. The minimum absolute atomic E-state index is 0.103. The lowest BCUT2D eigenvalue weighted by atomic mass is 9.98. The maximum Gasteiger partial charge on any atom is 0.198 e. The van der Waals surface area contributed by atoms with Crippen molar-refractivity contribution in [3.63, 3.8) is 0 Å². The van der Waals surface area contributed by atoms with Crippen LogP contribution in [0.3, 0.4) is 0 Å². The highest BCUT2D eigenvalue weighted by Gasteiger charge is 2.23. The first-order valence-corrected chi connectivity index (χ1v) is 9.73. The lowest BCUT2D eigenvalue weighted by Crippen LogP contribution is -3.12. The molecule has 0 saturated carbocycles. The van der Waals surface area contributed by atoms with Crippen LogP contribution >= 0.6 is 11.6 Å². The summed E-state index contributed by atoms with van der Waals surface area (Å²) in [4.78, 5) is 18.3. The van der Waals surface area contributed by atoms with Gasteiger partial charge in [0.05, 0.1) is 24.3 Å². The zero-order valence-corrected chi connectivity index (χ0v) is 15.8. The first-order chi connectivity index (χ1) is 12.6. The Morgan fingerprint density at radius 1 is 1.19 bits per heavy atom. The predicted molar refractivity (Wildman–Crippen MR) is 108 cm³/mol. The van der Waals surface area contributed by atoms with Gasteiger partial charge >= 0.3 is 0 Å². The zero-order chi connectivity index (χ0) is 18.1. The molecule has 0 spiro atoms. The van der Waals surface area contributed by atoms with Gasteiger partial charge in [-0.25, -0.2) is 0 Å². The Labute approximate surface area is 158 Å². The van der Waals surface area contributed by atoms with Gasteiger partial charge in [-0.05, 0) is 36.6 Å². The molecule has 1 aliphatic rings. The molecule has 3 aromatic rings. The molecular weight excluding hydrogens is 344 g/mol. The van der Waals surface area contributed by atoms with Gasteiger partial charge in [-0.1, -0.05) is 48.9 Å². The lowest BCUT2D eigenvalue weighted by molar-refractivity contribution is -0.922. The number of nitrogens with one attached hydrogen (secondary N) is 2. The molecule has 2 heterocycles. The number of quaternary nitrogens is 1. The number of H-pyrrole nitrogens is 1. The third-order valence-electron chi connectivity index (χ3n) is 5.42. The number of piperidine rings is 1. The molecule has 0 radical (unpaired) electrons. The van der Waals surface area contributed by atoms with Crippen LogP contribution in [0.25, 0.3) is 22.2 Å². The summed E-state index contributed by atoms with van der Waals surface area (Å²) in [7, 11) is 0. The first kappa shape index (κ1) is 17.3. The van der Waals surface area contributed by atoms with E-state index in [-0.39, 0.29) is 5.43 Å². The van der Waals surface area contributed by atoms with Gasteiger partial charge in [0.15, 0.2) is 5.43 Å². The van der Waals surface area contributed by atoms with Crippen LogP contribution in [-0.2, 0) is 6.54 Å². The van der Waals surface area contributed by atoms with Crippen LogP contribution in [0, 0.1) is 5.92 Å². The molecular formula is C22H24ClN2O+. The van der Waals surface area contributed by atoms with Crippen molar-refractivity contribution in [2.75, 3.05) is 13.1 Å². The van der Waals surface area contributed by atoms with Crippen molar-refractivity contribution in [1.82, 2.24) is 4.98 Å². The Bertz CT molecular complexity index is 981. The molecule has 1 saturated heterocycles.